The fourth-order valence-corrected chi connectivity index (χ4v) is 2.52. The van der Waals surface area contributed by atoms with E-state index in [1.165, 1.54) is 70.8 Å². The van der Waals surface area contributed by atoms with Gasteiger partial charge in [0.05, 0.1) is 27.2 Å². The molecule has 1 nitrogen and oxygen atoms in total. The van der Waals surface area contributed by atoms with Gasteiger partial charge in [0.25, 0.3) is 0 Å². The minimum Gasteiger partial charge on any atom is -0.325 e. The third-order valence-electron chi connectivity index (χ3n) is 3.81. The Bertz CT molecular complexity index is 211. The van der Waals surface area contributed by atoms with Crippen LogP contribution >= 0.6 is 11.6 Å². The Morgan fingerprint density at radius 2 is 1.26 bits per heavy atom. The first-order valence-electron chi connectivity index (χ1n) is 8.19. The van der Waals surface area contributed by atoms with Crippen LogP contribution in [0.2, 0.25) is 0 Å². The summed E-state index contributed by atoms with van der Waals surface area (Å²) in [7, 11) is 4.56. The quantitative estimate of drug-likeness (QED) is 0.300. The highest BCUT2D eigenvalue weighted by Gasteiger charge is 2.11. The maximum absolute atomic E-state index is 5.58. The first-order chi connectivity index (χ1) is 9.12. The third-order valence-corrected chi connectivity index (χ3v) is 3.98. The lowest BCUT2D eigenvalue weighted by molar-refractivity contribution is -0.884. The van der Waals surface area contributed by atoms with Gasteiger partial charge >= 0.3 is 0 Å². The molecule has 0 fully saturated rings. The van der Waals surface area contributed by atoms with Crippen molar-refractivity contribution in [3.05, 3.63) is 11.6 Å². The standard InChI is InChI=1S/C17H35ClN/c1-4-5-6-7-8-9-10-11-12-13-16-19(2,3)17-14-15-18/h14-15H,4-13,16-17H2,1-3H3/q+1. The summed E-state index contributed by atoms with van der Waals surface area (Å²) < 4.78 is 1.06. The molecule has 0 saturated heterocycles. The Kier molecular flexibility index (Phi) is 13.0. The van der Waals surface area contributed by atoms with Crippen LogP contribution in [0.4, 0.5) is 0 Å². The zero-order valence-electron chi connectivity index (χ0n) is 13.5. The third kappa shape index (κ3) is 14.2. The summed E-state index contributed by atoms with van der Waals surface area (Å²) in [5.74, 6) is 0. The van der Waals surface area contributed by atoms with Gasteiger partial charge in [-0.05, 0) is 18.9 Å². The van der Waals surface area contributed by atoms with E-state index in [-0.39, 0.29) is 0 Å². The Labute approximate surface area is 126 Å². The van der Waals surface area contributed by atoms with Crippen LogP contribution in [0.1, 0.15) is 71.1 Å². The average molecular weight is 289 g/mol. The molecule has 0 heterocycles. The number of hydrogen-bond acceptors (Lipinski definition) is 0. The van der Waals surface area contributed by atoms with Crippen LogP contribution in [0.15, 0.2) is 11.6 Å². The van der Waals surface area contributed by atoms with E-state index in [4.69, 9.17) is 11.6 Å². The topological polar surface area (TPSA) is 0 Å². The van der Waals surface area contributed by atoms with Gasteiger partial charge < -0.3 is 4.48 Å². The van der Waals surface area contributed by atoms with E-state index in [1.54, 1.807) is 5.54 Å². The van der Waals surface area contributed by atoms with Crippen LogP contribution in [0.3, 0.4) is 0 Å². The van der Waals surface area contributed by atoms with Crippen LogP contribution in [0.5, 0.6) is 0 Å². The predicted molar refractivity (Wildman–Crippen MR) is 88.7 cm³/mol. The van der Waals surface area contributed by atoms with E-state index in [2.05, 4.69) is 27.1 Å². The molecular formula is C17H35ClN+. The fourth-order valence-electron chi connectivity index (χ4n) is 2.44. The molecule has 0 aliphatic carbocycles. The van der Waals surface area contributed by atoms with Crippen molar-refractivity contribution in [2.75, 3.05) is 27.2 Å². The summed E-state index contributed by atoms with van der Waals surface area (Å²) in [5, 5.41) is 0. The average Bonchev–Trinajstić information content (AvgIpc) is 2.38. The molecule has 19 heavy (non-hydrogen) atoms. The minimum atomic E-state index is 1.04. The van der Waals surface area contributed by atoms with Crippen molar-refractivity contribution in [3.63, 3.8) is 0 Å². The Morgan fingerprint density at radius 3 is 1.74 bits per heavy atom. The maximum atomic E-state index is 5.58. The van der Waals surface area contributed by atoms with Crippen molar-refractivity contribution in [1.29, 1.82) is 0 Å². The van der Waals surface area contributed by atoms with Crippen LogP contribution in [-0.4, -0.2) is 31.7 Å². The molecule has 0 aliphatic rings. The molecule has 114 valence electrons. The molecule has 0 bridgehead atoms. The number of halogens is 1. The summed E-state index contributed by atoms with van der Waals surface area (Å²) in [6, 6.07) is 0. The maximum Gasteiger partial charge on any atom is 0.0981 e. The van der Waals surface area contributed by atoms with Gasteiger partial charge in [-0.3, -0.25) is 0 Å². The van der Waals surface area contributed by atoms with Gasteiger partial charge in [0.1, 0.15) is 0 Å². The zero-order chi connectivity index (χ0) is 14.4. The molecule has 0 spiro atoms. The number of unbranched alkanes of at least 4 members (excludes halogenated alkanes) is 9. The second-order valence-electron chi connectivity index (χ2n) is 6.39. The summed E-state index contributed by atoms with van der Waals surface area (Å²) in [5.41, 5.74) is 1.64. The lowest BCUT2D eigenvalue weighted by atomic mass is 10.1. The van der Waals surface area contributed by atoms with Crippen molar-refractivity contribution in [3.8, 4) is 0 Å². The lowest BCUT2D eigenvalue weighted by Gasteiger charge is -2.28. The van der Waals surface area contributed by atoms with Crippen LogP contribution in [0.25, 0.3) is 0 Å². The summed E-state index contributed by atoms with van der Waals surface area (Å²) in [6.45, 7) is 4.58. The largest absolute Gasteiger partial charge is 0.325 e. The first kappa shape index (κ1) is 19.0. The van der Waals surface area contributed by atoms with Crippen LogP contribution < -0.4 is 0 Å². The molecule has 0 atom stereocenters. The van der Waals surface area contributed by atoms with Gasteiger partial charge in [0.15, 0.2) is 0 Å². The number of likely N-dealkylation sites (N-methyl/N-ethyl adjacent to an activating group) is 1. The summed E-state index contributed by atoms with van der Waals surface area (Å²) in [4.78, 5) is 0. The zero-order valence-corrected chi connectivity index (χ0v) is 14.2. The molecule has 0 aromatic heterocycles. The number of rotatable bonds is 13. The predicted octanol–water partition coefficient (Wildman–Crippen LogP) is 5.74. The number of hydrogen-bond donors (Lipinski definition) is 0. The van der Waals surface area contributed by atoms with E-state index >= 15 is 0 Å². The second-order valence-corrected chi connectivity index (χ2v) is 6.64. The molecule has 0 aliphatic heterocycles. The smallest absolute Gasteiger partial charge is 0.0981 e. The molecule has 0 aromatic rings. The highest BCUT2D eigenvalue weighted by Crippen LogP contribution is 2.11. The Hall–Kier alpha value is -0.0100. The van der Waals surface area contributed by atoms with Gasteiger partial charge in [0.2, 0.25) is 0 Å². The molecule has 0 radical (unpaired) electrons. The highest BCUT2D eigenvalue weighted by atomic mass is 35.5. The second kappa shape index (κ2) is 13.0. The molecule has 0 saturated carbocycles. The molecule has 0 aromatic carbocycles. The molecule has 2 heteroatoms. The van der Waals surface area contributed by atoms with Crippen molar-refractivity contribution < 1.29 is 4.48 Å². The van der Waals surface area contributed by atoms with E-state index in [9.17, 15) is 0 Å². The Morgan fingerprint density at radius 1 is 0.789 bits per heavy atom. The molecule has 0 amide bonds. The van der Waals surface area contributed by atoms with E-state index in [0.29, 0.717) is 0 Å². The van der Waals surface area contributed by atoms with Gasteiger partial charge in [-0.1, -0.05) is 69.9 Å². The fraction of sp³-hybridized carbons (Fsp3) is 0.882. The van der Waals surface area contributed by atoms with E-state index < -0.39 is 0 Å². The van der Waals surface area contributed by atoms with Gasteiger partial charge in [-0.25, -0.2) is 0 Å². The molecule has 0 unspecified atom stereocenters. The van der Waals surface area contributed by atoms with Crippen LogP contribution in [-0.2, 0) is 0 Å². The van der Waals surface area contributed by atoms with E-state index in [0.717, 1.165) is 11.0 Å². The van der Waals surface area contributed by atoms with Gasteiger partial charge in [-0.15, -0.1) is 0 Å². The summed E-state index contributed by atoms with van der Waals surface area (Å²) in [6.07, 6.45) is 16.2. The number of quaternary nitrogens is 1. The minimum absolute atomic E-state index is 1.04. The molecule has 0 rings (SSSR count). The van der Waals surface area contributed by atoms with Crippen LogP contribution in [0, 0.1) is 0 Å². The van der Waals surface area contributed by atoms with Crippen molar-refractivity contribution in [1.82, 2.24) is 0 Å². The lowest BCUT2D eigenvalue weighted by Crippen LogP contribution is -2.40. The normalized spacial score (nSPS) is 12.4. The molecular weight excluding hydrogens is 254 g/mol. The highest BCUT2D eigenvalue weighted by molar-refractivity contribution is 6.25. The number of nitrogens with zero attached hydrogens (tertiary/aromatic N) is 1. The monoisotopic (exact) mass is 288 g/mol. The Balaban J connectivity index is 3.26. The SMILES string of the molecule is CCCCCCCCCCCC[N+](C)(C)CC=CCl. The first-order valence-corrected chi connectivity index (χ1v) is 8.63. The summed E-state index contributed by atoms with van der Waals surface area (Å²) >= 11 is 5.58. The van der Waals surface area contributed by atoms with Crippen molar-refractivity contribution in [2.24, 2.45) is 0 Å². The van der Waals surface area contributed by atoms with Gasteiger partial charge in [-0.2, -0.15) is 0 Å². The van der Waals surface area contributed by atoms with Crippen molar-refractivity contribution in [2.45, 2.75) is 71.1 Å². The van der Waals surface area contributed by atoms with E-state index in [1.807, 2.05) is 0 Å². The molecule has 0 N–H and O–H groups in total. The van der Waals surface area contributed by atoms with Gasteiger partial charge in [0, 0.05) is 5.54 Å². The van der Waals surface area contributed by atoms with Crippen molar-refractivity contribution >= 4 is 11.6 Å².